The average Bonchev–Trinajstić information content (AvgIpc) is 2.33. The van der Waals surface area contributed by atoms with E-state index in [0.29, 0.717) is 6.42 Å². The van der Waals surface area contributed by atoms with Crippen LogP contribution in [0.15, 0.2) is 23.1 Å². The molecule has 5 nitrogen and oxygen atoms in total. The number of halogens is 2. The minimum Gasteiger partial charge on any atom is -0.481 e. The van der Waals surface area contributed by atoms with Gasteiger partial charge in [-0.15, -0.1) is 0 Å². The summed E-state index contributed by atoms with van der Waals surface area (Å²) in [5.41, 5.74) is 0. The van der Waals surface area contributed by atoms with Gasteiger partial charge in [0.1, 0.15) is 11.6 Å². The lowest BCUT2D eigenvalue weighted by Crippen LogP contribution is -2.31. The number of carbonyl (C=O) groups is 1. The molecule has 0 radical (unpaired) electrons. The lowest BCUT2D eigenvalue weighted by molar-refractivity contribution is -0.138. The summed E-state index contributed by atoms with van der Waals surface area (Å²) in [5.74, 6) is -3.89. The van der Waals surface area contributed by atoms with E-state index in [0.717, 1.165) is 18.2 Å². The maximum Gasteiger partial charge on any atom is 0.303 e. The molecule has 2 N–H and O–H groups in total. The highest BCUT2D eigenvalue weighted by atomic mass is 32.2. The van der Waals surface area contributed by atoms with Gasteiger partial charge in [0, 0.05) is 13.0 Å². The molecule has 0 aliphatic carbocycles. The van der Waals surface area contributed by atoms with Gasteiger partial charge < -0.3 is 5.11 Å². The lowest BCUT2D eigenvalue weighted by Gasteiger charge is -2.14. The maximum atomic E-state index is 13.4. The van der Waals surface area contributed by atoms with Gasteiger partial charge in [-0.2, -0.15) is 0 Å². The van der Waals surface area contributed by atoms with Crippen molar-refractivity contribution in [2.75, 3.05) is 6.54 Å². The normalized spacial score (nSPS) is 13.2. The van der Waals surface area contributed by atoms with Crippen LogP contribution in [-0.2, 0) is 14.8 Å². The Kier molecular flexibility index (Phi) is 5.58. The second-order valence-electron chi connectivity index (χ2n) is 4.27. The van der Waals surface area contributed by atoms with E-state index in [1.54, 1.807) is 6.92 Å². The molecule has 1 rings (SSSR count). The number of carboxylic acids is 1. The number of hydrogen-bond donors (Lipinski definition) is 2. The fourth-order valence-electron chi connectivity index (χ4n) is 1.65. The van der Waals surface area contributed by atoms with Crippen molar-refractivity contribution in [1.82, 2.24) is 4.72 Å². The summed E-state index contributed by atoms with van der Waals surface area (Å²) in [6.45, 7) is 1.50. The molecule has 1 unspecified atom stereocenters. The van der Waals surface area contributed by atoms with E-state index in [1.165, 1.54) is 0 Å². The zero-order valence-corrected chi connectivity index (χ0v) is 11.6. The molecule has 1 aromatic carbocycles. The first-order chi connectivity index (χ1) is 9.27. The third kappa shape index (κ3) is 4.24. The average molecular weight is 307 g/mol. The smallest absolute Gasteiger partial charge is 0.303 e. The molecular formula is C12H15F2NO4S. The Balaban J connectivity index is 2.88. The Morgan fingerprint density at radius 2 is 1.90 bits per heavy atom. The summed E-state index contributed by atoms with van der Waals surface area (Å²) in [6.07, 6.45) is 0.202. The van der Waals surface area contributed by atoms with Crippen molar-refractivity contribution in [1.29, 1.82) is 0 Å². The van der Waals surface area contributed by atoms with Crippen LogP contribution in [0.4, 0.5) is 8.78 Å². The first-order valence-corrected chi connectivity index (χ1v) is 7.41. The number of aliphatic carboxylic acids is 1. The van der Waals surface area contributed by atoms with Crippen molar-refractivity contribution < 1.29 is 27.1 Å². The SMILES string of the molecule is CCC(CNS(=O)(=O)c1c(F)cccc1F)CC(=O)O. The minimum absolute atomic E-state index is 0.196. The Hall–Kier alpha value is -1.54. The first-order valence-electron chi connectivity index (χ1n) is 5.93. The van der Waals surface area contributed by atoms with Crippen LogP contribution < -0.4 is 4.72 Å². The van der Waals surface area contributed by atoms with Crippen molar-refractivity contribution in [3.63, 3.8) is 0 Å². The standard InChI is InChI=1S/C12H15F2NO4S/c1-2-8(6-11(16)17)7-15-20(18,19)12-9(13)4-3-5-10(12)14/h3-5,8,15H,2,6-7H2,1H3,(H,16,17). The molecule has 0 aliphatic heterocycles. The van der Waals surface area contributed by atoms with E-state index in [4.69, 9.17) is 5.11 Å². The van der Waals surface area contributed by atoms with Gasteiger partial charge in [-0.25, -0.2) is 21.9 Å². The van der Waals surface area contributed by atoms with Gasteiger partial charge in [-0.1, -0.05) is 19.4 Å². The van der Waals surface area contributed by atoms with Crippen molar-refractivity contribution in [3.8, 4) is 0 Å². The first kappa shape index (κ1) is 16.5. The monoisotopic (exact) mass is 307 g/mol. The minimum atomic E-state index is -4.36. The van der Waals surface area contributed by atoms with E-state index in [9.17, 15) is 22.0 Å². The second kappa shape index (κ2) is 6.76. The van der Waals surface area contributed by atoms with Crippen LogP contribution >= 0.6 is 0 Å². The number of rotatable bonds is 7. The molecule has 8 heteroatoms. The molecule has 0 saturated heterocycles. The maximum absolute atomic E-state index is 13.4. The number of carboxylic acid groups (broad SMARTS) is 1. The molecule has 20 heavy (non-hydrogen) atoms. The molecule has 0 aliphatic rings. The quantitative estimate of drug-likeness (QED) is 0.804. The number of sulfonamides is 1. The number of benzene rings is 1. The van der Waals surface area contributed by atoms with Crippen LogP contribution in [0.2, 0.25) is 0 Å². The molecule has 0 saturated carbocycles. The Bertz CT molecular complexity index is 569. The Morgan fingerprint density at radius 3 is 2.35 bits per heavy atom. The Morgan fingerprint density at radius 1 is 1.35 bits per heavy atom. The van der Waals surface area contributed by atoms with E-state index in [2.05, 4.69) is 0 Å². The van der Waals surface area contributed by atoms with E-state index < -0.39 is 38.4 Å². The summed E-state index contributed by atoms with van der Waals surface area (Å²) in [5, 5.41) is 8.65. The lowest BCUT2D eigenvalue weighted by atomic mass is 10.0. The molecule has 0 fully saturated rings. The zero-order valence-electron chi connectivity index (χ0n) is 10.8. The van der Waals surface area contributed by atoms with Crippen LogP contribution in [0.1, 0.15) is 19.8 Å². The van der Waals surface area contributed by atoms with Crippen LogP contribution in [0.5, 0.6) is 0 Å². The highest BCUT2D eigenvalue weighted by Crippen LogP contribution is 2.18. The van der Waals surface area contributed by atoms with E-state index in [-0.39, 0.29) is 13.0 Å². The molecular weight excluding hydrogens is 292 g/mol. The van der Waals surface area contributed by atoms with E-state index in [1.807, 2.05) is 4.72 Å². The molecule has 0 heterocycles. The molecule has 1 aromatic rings. The zero-order chi connectivity index (χ0) is 15.3. The predicted molar refractivity (Wildman–Crippen MR) is 67.6 cm³/mol. The fourth-order valence-corrected chi connectivity index (χ4v) is 2.90. The highest BCUT2D eigenvalue weighted by Gasteiger charge is 2.24. The van der Waals surface area contributed by atoms with Crippen molar-refractivity contribution in [2.24, 2.45) is 5.92 Å². The third-order valence-corrected chi connectivity index (χ3v) is 4.26. The summed E-state index contributed by atoms with van der Waals surface area (Å²) >= 11 is 0. The van der Waals surface area contributed by atoms with Gasteiger partial charge in [0.25, 0.3) is 0 Å². The second-order valence-corrected chi connectivity index (χ2v) is 5.98. The van der Waals surface area contributed by atoms with Crippen LogP contribution in [0.3, 0.4) is 0 Å². The Labute approximate surface area is 115 Å². The van der Waals surface area contributed by atoms with Crippen molar-refractivity contribution >= 4 is 16.0 Å². The molecule has 112 valence electrons. The van der Waals surface area contributed by atoms with Gasteiger partial charge in [-0.05, 0) is 18.1 Å². The molecule has 0 bridgehead atoms. The van der Waals surface area contributed by atoms with Gasteiger partial charge in [0.05, 0.1) is 0 Å². The fraction of sp³-hybridized carbons (Fsp3) is 0.417. The topological polar surface area (TPSA) is 83.5 Å². The van der Waals surface area contributed by atoms with Gasteiger partial charge in [0.15, 0.2) is 4.90 Å². The molecule has 0 aromatic heterocycles. The number of hydrogen-bond acceptors (Lipinski definition) is 3. The molecule has 1 atom stereocenters. The summed E-state index contributed by atoms with van der Waals surface area (Å²) < 4.78 is 52.5. The molecule has 0 amide bonds. The third-order valence-electron chi connectivity index (χ3n) is 2.79. The largest absolute Gasteiger partial charge is 0.481 e. The van der Waals surface area contributed by atoms with Crippen LogP contribution in [0.25, 0.3) is 0 Å². The van der Waals surface area contributed by atoms with Crippen LogP contribution in [0, 0.1) is 17.6 Å². The van der Waals surface area contributed by atoms with Crippen molar-refractivity contribution in [3.05, 3.63) is 29.8 Å². The highest BCUT2D eigenvalue weighted by molar-refractivity contribution is 7.89. The van der Waals surface area contributed by atoms with E-state index >= 15 is 0 Å². The predicted octanol–water partition coefficient (Wildman–Crippen LogP) is 1.74. The summed E-state index contributed by atoms with van der Waals surface area (Å²) in [4.78, 5) is 9.52. The molecule has 0 spiro atoms. The van der Waals surface area contributed by atoms with Gasteiger partial charge in [0.2, 0.25) is 10.0 Å². The van der Waals surface area contributed by atoms with Crippen LogP contribution in [-0.4, -0.2) is 26.0 Å². The van der Waals surface area contributed by atoms with Gasteiger partial charge >= 0.3 is 5.97 Å². The van der Waals surface area contributed by atoms with Gasteiger partial charge in [-0.3, -0.25) is 4.79 Å². The van der Waals surface area contributed by atoms with Crippen molar-refractivity contribution in [2.45, 2.75) is 24.7 Å². The number of nitrogens with one attached hydrogen (secondary N) is 1. The summed E-state index contributed by atoms with van der Waals surface area (Å²) in [7, 11) is -4.36. The summed E-state index contributed by atoms with van der Waals surface area (Å²) in [6, 6.07) is 2.74.